The van der Waals surface area contributed by atoms with Crippen LogP contribution in [0.15, 0.2) is 0 Å². The van der Waals surface area contributed by atoms with Crippen molar-refractivity contribution < 1.29 is 9.53 Å². The van der Waals surface area contributed by atoms with Gasteiger partial charge in [-0.2, -0.15) is 0 Å². The van der Waals surface area contributed by atoms with Gasteiger partial charge in [0.25, 0.3) is 0 Å². The summed E-state index contributed by atoms with van der Waals surface area (Å²) in [4.78, 5) is 22.3. The molecule has 1 aromatic rings. The van der Waals surface area contributed by atoms with E-state index in [4.69, 9.17) is 4.74 Å². The Labute approximate surface area is 135 Å². The number of morpholine rings is 1. The van der Waals surface area contributed by atoms with Gasteiger partial charge >= 0.3 is 6.03 Å². The Hall–Kier alpha value is -1.18. The Kier molecular flexibility index (Phi) is 4.65. The molecule has 2 aliphatic heterocycles. The lowest BCUT2D eigenvalue weighted by atomic mass is 9.99. The highest BCUT2D eigenvalue weighted by molar-refractivity contribution is 7.15. The van der Waals surface area contributed by atoms with Gasteiger partial charge in [0, 0.05) is 24.5 Å². The molecule has 122 valence electrons. The van der Waals surface area contributed by atoms with Gasteiger partial charge in [0.2, 0.25) is 0 Å². The van der Waals surface area contributed by atoms with Gasteiger partial charge in [0.05, 0.1) is 24.4 Å². The van der Waals surface area contributed by atoms with Crippen molar-refractivity contribution in [3.8, 4) is 0 Å². The molecule has 6 nitrogen and oxygen atoms in total. The van der Waals surface area contributed by atoms with Crippen molar-refractivity contribution in [1.82, 2.24) is 14.8 Å². The van der Waals surface area contributed by atoms with Gasteiger partial charge in [-0.05, 0) is 26.8 Å². The number of hydrogen-bond donors (Lipinski definition) is 1. The van der Waals surface area contributed by atoms with Crippen LogP contribution in [-0.4, -0.2) is 66.2 Å². The SMILES string of the molecule is CCc1nc(NC(=O)N2CCC3OCCN(C)C3C2)sc1C. The third-order valence-electron chi connectivity index (χ3n) is 4.59. The number of hydrogen-bond acceptors (Lipinski definition) is 5. The van der Waals surface area contributed by atoms with Crippen molar-refractivity contribution in [3.05, 3.63) is 10.6 Å². The fourth-order valence-corrected chi connectivity index (χ4v) is 4.10. The number of thiazole rings is 1. The van der Waals surface area contributed by atoms with Gasteiger partial charge in [-0.25, -0.2) is 9.78 Å². The standard InChI is InChI=1S/C15H24N4O2S/c1-4-11-10(2)22-14(16-11)17-15(20)19-6-5-13-12(9-19)18(3)7-8-21-13/h12-13H,4-9H2,1-3H3,(H,16,17,20). The molecule has 0 spiro atoms. The van der Waals surface area contributed by atoms with Gasteiger partial charge in [-0.1, -0.05) is 6.92 Å². The number of amides is 2. The van der Waals surface area contributed by atoms with Crippen LogP contribution in [0.3, 0.4) is 0 Å². The molecule has 2 saturated heterocycles. The normalized spacial score (nSPS) is 25.9. The molecule has 2 fully saturated rings. The minimum atomic E-state index is -0.0474. The van der Waals surface area contributed by atoms with Crippen molar-refractivity contribution >= 4 is 22.5 Å². The zero-order valence-electron chi connectivity index (χ0n) is 13.5. The van der Waals surface area contributed by atoms with E-state index in [1.54, 1.807) is 11.3 Å². The largest absolute Gasteiger partial charge is 0.375 e. The molecule has 7 heteroatoms. The number of ether oxygens (including phenoxy) is 1. The van der Waals surface area contributed by atoms with E-state index >= 15 is 0 Å². The Morgan fingerprint density at radius 1 is 1.50 bits per heavy atom. The molecule has 0 bridgehead atoms. The fourth-order valence-electron chi connectivity index (χ4n) is 3.21. The summed E-state index contributed by atoms with van der Waals surface area (Å²) in [6, 6.07) is 0.256. The van der Waals surface area contributed by atoms with Crippen LogP contribution in [0.25, 0.3) is 0 Å². The molecule has 22 heavy (non-hydrogen) atoms. The minimum absolute atomic E-state index is 0.0474. The van der Waals surface area contributed by atoms with Gasteiger partial charge < -0.3 is 9.64 Å². The van der Waals surface area contributed by atoms with Crippen molar-refractivity contribution in [2.24, 2.45) is 0 Å². The summed E-state index contributed by atoms with van der Waals surface area (Å²) in [5.74, 6) is 0. The molecule has 0 radical (unpaired) electrons. The van der Waals surface area contributed by atoms with Crippen molar-refractivity contribution in [2.45, 2.75) is 38.8 Å². The zero-order chi connectivity index (χ0) is 15.7. The van der Waals surface area contributed by atoms with Gasteiger partial charge in [-0.3, -0.25) is 10.2 Å². The van der Waals surface area contributed by atoms with Gasteiger partial charge in [0.15, 0.2) is 5.13 Å². The van der Waals surface area contributed by atoms with Gasteiger partial charge in [-0.15, -0.1) is 11.3 Å². The van der Waals surface area contributed by atoms with E-state index in [2.05, 4.69) is 29.2 Å². The van der Waals surface area contributed by atoms with Crippen molar-refractivity contribution in [3.63, 3.8) is 0 Å². The number of piperidine rings is 1. The predicted octanol–water partition coefficient (Wildman–Crippen LogP) is 1.95. The smallest absolute Gasteiger partial charge is 0.323 e. The van der Waals surface area contributed by atoms with Crippen LogP contribution in [0.4, 0.5) is 9.93 Å². The number of nitrogens with zero attached hydrogens (tertiary/aromatic N) is 3. The molecule has 2 unspecified atom stereocenters. The molecule has 0 aliphatic carbocycles. The number of aryl methyl sites for hydroxylation is 2. The topological polar surface area (TPSA) is 57.7 Å². The molecule has 0 saturated carbocycles. The lowest BCUT2D eigenvalue weighted by molar-refractivity contribution is -0.0875. The Bertz CT molecular complexity index is 548. The molecule has 2 aliphatic rings. The number of likely N-dealkylation sites (N-methyl/N-ethyl adjacent to an activating group) is 1. The summed E-state index contributed by atoms with van der Waals surface area (Å²) < 4.78 is 5.82. The van der Waals surface area contributed by atoms with Gasteiger partial charge in [0.1, 0.15) is 0 Å². The molecule has 1 N–H and O–H groups in total. The third-order valence-corrected chi connectivity index (χ3v) is 5.52. The van der Waals surface area contributed by atoms with E-state index < -0.39 is 0 Å². The molecule has 3 rings (SSSR count). The van der Waals surface area contributed by atoms with Crippen molar-refractivity contribution in [2.75, 3.05) is 38.6 Å². The molecular formula is C15H24N4O2S. The molecule has 2 atom stereocenters. The highest BCUT2D eigenvalue weighted by Gasteiger charge is 2.37. The maximum atomic E-state index is 12.5. The van der Waals surface area contributed by atoms with Crippen LogP contribution in [-0.2, 0) is 11.2 Å². The van der Waals surface area contributed by atoms with Crippen LogP contribution in [0.1, 0.15) is 23.9 Å². The highest BCUT2D eigenvalue weighted by atomic mass is 32.1. The van der Waals surface area contributed by atoms with E-state index in [1.807, 2.05) is 11.8 Å². The fraction of sp³-hybridized carbons (Fsp3) is 0.733. The third kappa shape index (κ3) is 3.11. The van der Waals surface area contributed by atoms with E-state index in [1.165, 1.54) is 4.88 Å². The van der Waals surface area contributed by atoms with E-state index in [0.29, 0.717) is 11.2 Å². The van der Waals surface area contributed by atoms with E-state index in [-0.39, 0.29) is 12.1 Å². The number of urea groups is 1. The first kappa shape index (κ1) is 15.7. The average Bonchev–Trinajstić information content (AvgIpc) is 2.87. The maximum Gasteiger partial charge on any atom is 0.323 e. The van der Waals surface area contributed by atoms with Crippen LogP contribution in [0, 0.1) is 6.92 Å². The summed E-state index contributed by atoms with van der Waals surface area (Å²) in [5.41, 5.74) is 1.07. The monoisotopic (exact) mass is 324 g/mol. The Morgan fingerprint density at radius 3 is 3.05 bits per heavy atom. The Balaban J connectivity index is 1.62. The van der Waals surface area contributed by atoms with Crippen LogP contribution in [0.2, 0.25) is 0 Å². The number of carbonyl (C=O) groups is 1. The maximum absolute atomic E-state index is 12.5. The lowest BCUT2D eigenvalue weighted by Gasteiger charge is -2.45. The lowest BCUT2D eigenvalue weighted by Crippen LogP contribution is -2.60. The number of anilines is 1. The molecule has 0 aromatic carbocycles. The molecule has 2 amide bonds. The minimum Gasteiger partial charge on any atom is -0.375 e. The first-order chi connectivity index (χ1) is 10.6. The second-order valence-corrected chi connectivity index (χ2v) is 7.20. The summed E-state index contributed by atoms with van der Waals surface area (Å²) in [6.07, 6.45) is 2.06. The number of nitrogens with one attached hydrogen (secondary N) is 1. The van der Waals surface area contributed by atoms with Crippen LogP contribution < -0.4 is 5.32 Å². The quantitative estimate of drug-likeness (QED) is 0.903. The zero-order valence-corrected chi connectivity index (χ0v) is 14.3. The second-order valence-electron chi connectivity index (χ2n) is 6.00. The highest BCUT2D eigenvalue weighted by Crippen LogP contribution is 2.25. The van der Waals surface area contributed by atoms with Crippen LogP contribution >= 0.6 is 11.3 Å². The molecule has 3 heterocycles. The molecular weight excluding hydrogens is 300 g/mol. The number of rotatable bonds is 2. The van der Waals surface area contributed by atoms with E-state index in [9.17, 15) is 4.79 Å². The second kappa shape index (κ2) is 6.52. The predicted molar refractivity (Wildman–Crippen MR) is 87.6 cm³/mol. The Morgan fingerprint density at radius 2 is 2.32 bits per heavy atom. The first-order valence-corrected chi connectivity index (χ1v) is 8.74. The first-order valence-electron chi connectivity index (χ1n) is 7.92. The molecule has 1 aromatic heterocycles. The summed E-state index contributed by atoms with van der Waals surface area (Å²) in [5, 5.41) is 3.66. The van der Waals surface area contributed by atoms with Crippen molar-refractivity contribution in [1.29, 1.82) is 0 Å². The van der Waals surface area contributed by atoms with E-state index in [0.717, 1.165) is 44.8 Å². The number of fused-ring (bicyclic) bond motifs is 1. The number of likely N-dealkylation sites (tertiary alicyclic amines) is 1. The summed E-state index contributed by atoms with van der Waals surface area (Å²) in [6.45, 7) is 7.32. The summed E-state index contributed by atoms with van der Waals surface area (Å²) >= 11 is 1.55. The van der Waals surface area contributed by atoms with Crippen LogP contribution in [0.5, 0.6) is 0 Å². The number of aromatic nitrogens is 1. The average molecular weight is 324 g/mol. The number of carbonyl (C=O) groups excluding carboxylic acids is 1. The summed E-state index contributed by atoms with van der Waals surface area (Å²) in [7, 11) is 2.11.